The molecule has 2 atom stereocenters. The van der Waals surface area contributed by atoms with Crippen LogP contribution in [-0.2, 0) is 46.7 Å². The minimum Gasteiger partial charge on any atom is -0.341 e. The first-order valence-electron chi connectivity index (χ1n) is 24.1. The number of fused-ring (bicyclic) bond motifs is 4. The van der Waals surface area contributed by atoms with Crippen molar-refractivity contribution in [2.75, 3.05) is 42.5 Å². The van der Waals surface area contributed by atoms with Crippen molar-refractivity contribution in [3.05, 3.63) is 113 Å². The molecule has 6 aromatic heterocycles. The Bertz CT molecular complexity index is 3780. The summed E-state index contributed by atoms with van der Waals surface area (Å²) in [6.45, 7) is 8.74. The van der Waals surface area contributed by atoms with Crippen LogP contribution in [0.4, 0.5) is 11.9 Å². The maximum absolute atomic E-state index is 14.5. The van der Waals surface area contributed by atoms with E-state index < -0.39 is 22.5 Å². The Morgan fingerprint density at radius 3 is 1.75 bits per heavy atom. The highest BCUT2D eigenvalue weighted by molar-refractivity contribution is 5.82. The fraction of sp³-hybridized carbons (Fsp3) is 0.412. The quantitative estimate of drug-likeness (QED) is 0.168. The van der Waals surface area contributed by atoms with Gasteiger partial charge in [0.15, 0.2) is 22.3 Å². The maximum Gasteiger partial charge on any atom is 0.332 e. The standard InChI is InChI=1S/C51H56N16O4/c1-6-8-26-64-42-44(58-48(64)62-24-14-16-33(52)28-62)60(4)51(71)67(47(42)69)31-41-56-38-21-13-11-19-36(38)39(57-41)22-23-53-34-17-15-25-63(29-34)49-59-45-43(65(49)27-9-7-2)46(68)66(50(70)61(45)5)30-40-54-32(3)35-18-10-12-20-37(35)55-40/h10-13,18-21,33-34,53H,14-17,22-31,52H2,1-5H3/t33-,34-/m0/s1. The predicted octanol–water partition coefficient (Wildman–Crippen LogP) is 2.17. The normalized spacial score (nSPS) is 16.2. The van der Waals surface area contributed by atoms with Crippen LogP contribution in [0.1, 0.15) is 62.6 Å². The van der Waals surface area contributed by atoms with Gasteiger partial charge in [-0.15, -0.1) is 11.8 Å². The highest BCUT2D eigenvalue weighted by Crippen LogP contribution is 2.26. The van der Waals surface area contributed by atoms with Gasteiger partial charge in [-0.25, -0.2) is 29.5 Å². The van der Waals surface area contributed by atoms with E-state index in [-0.39, 0.29) is 60.6 Å². The van der Waals surface area contributed by atoms with Crippen LogP contribution in [0.2, 0.25) is 0 Å². The number of anilines is 2. The molecule has 3 N–H and O–H groups in total. The van der Waals surface area contributed by atoms with Gasteiger partial charge in [-0.1, -0.05) is 48.2 Å². The van der Waals surface area contributed by atoms with Gasteiger partial charge in [0.1, 0.15) is 11.6 Å². The Balaban J connectivity index is 0.908. The molecule has 2 aliphatic heterocycles. The van der Waals surface area contributed by atoms with E-state index in [1.54, 1.807) is 32.5 Å². The van der Waals surface area contributed by atoms with Gasteiger partial charge in [-0.3, -0.25) is 37.0 Å². The molecular weight excluding hydrogens is 901 g/mol. The Kier molecular flexibility index (Phi) is 12.8. The third-order valence-corrected chi connectivity index (χ3v) is 13.7. The van der Waals surface area contributed by atoms with Crippen molar-refractivity contribution < 1.29 is 0 Å². The van der Waals surface area contributed by atoms with Crippen LogP contribution in [-0.4, -0.2) is 102 Å². The number of benzene rings is 2. The number of hydrogen-bond donors (Lipinski definition) is 2. The average Bonchev–Trinajstić information content (AvgIpc) is 3.96. The van der Waals surface area contributed by atoms with Crippen LogP contribution in [0.15, 0.2) is 67.7 Å². The van der Waals surface area contributed by atoms with Crippen LogP contribution in [0.25, 0.3) is 44.1 Å². The Hall–Kier alpha value is -7.94. The molecule has 0 radical (unpaired) electrons. The van der Waals surface area contributed by atoms with Crippen LogP contribution >= 0.6 is 0 Å². The number of nitrogens with two attached hydrogens (primary N) is 1. The summed E-state index contributed by atoms with van der Waals surface area (Å²) in [5, 5.41) is 5.53. The van der Waals surface area contributed by atoms with Gasteiger partial charge < -0.3 is 20.9 Å². The van der Waals surface area contributed by atoms with Gasteiger partial charge in [0.2, 0.25) is 11.9 Å². The molecule has 0 unspecified atom stereocenters. The van der Waals surface area contributed by atoms with Crippen molar-refractivity contribution in [1.82, 2.24) is 62.6 Å². The predicted molar refractivity (Wildman–Crippen MR) is 274 cm³/mol. The summed E-state index contributed by atoms with van der Waals surface area (Å²) >= 11 is 0. The number of rotatable bonds is 12. The molecule has 2 aliphatic rings. The molecule has 2 saturated heterocycles. The van der Waals surface area contributed by atoms with Crippen LogP contribution in [0.3, 0.4) is 0 Å². The lowest BCUT2D eigenvalue weighted by Gasteiger charge is -2.34. The van der Waals surface area contributed by atoms with Crippen molar-refractivity contribution in [1.29, 1.82) is 0 Å². The number of aryl methyl sites for hydroxylation is 3. The molecule has 0 spiro atoms. The zero-order chi connectivity index (χ0) is 49.5. The van der Waals surface area contributed by atoms with Crippen molar-refractivity contribution in [3.63, 3.8) is 0 Å². The van der Waals surface area contributed by atoms with Crippen molar-refractivity contribution in [2.24, 2.45) is 19.8 Å². The number of nitrogens with one attached hydrogen (secondary N) is 1. The number of aromatic nitrogens is 12. The average molecular weight is 957 g/mol. The molecule has 71 heavy (non-hydrogen) atoms. The van der Waals surface area contributed by atoms with Crippen LogP contribution < -0.4 is 43.3 Å². The molecule has 8 heterocycles. The van der Waals surface area contributed by atoms with Gasteiger partial charge in [-0.2, -0.15) is 9.97 Å². The van der Waals surface area contributed by atoms with Crippen LogP contribution in [0.5, 0.6) is 0 Å². The third-order valence-electron chi connectivity index (χ3n) is 13.7. The number of piperidine rings is 2. The smallest absolute Gasteiger partial charge is 0.332 e. The minimum atomic E-state index is -0.522. The summed E-state index contributed by atoms with van der Waals surface area (Å²) in [7, 11) is 3.25. The topological polar surface area (TPSA) is 220 Å². The van der Waals surface area contributed by atoms with Crippen molar-refractivity contribution in [2.45, 2.75) is 91.1 Å². The van der Waals surface area contributed by atoms with Crippen molar-refractivity contribution >= 4 is 56.0 Å². The van der Waals surface area contributed by atoms with E-state index in [1.165, 1.54) is 18.3 Å². The first kappa shape index (κ1) is 46.8. The third kappa shape index (κ3) is 8.74. The molecule has 20 heteroatoms. The van der Waals surface area contributed by atoms with Gasteiger partial charge in [0.05, 0.1) is 42.9 Å². The zero-order valence-electron chi connectivity index (χ0n) is 40.6. The summed E-state index contributed by atoms with van der Waals surface area (Å²) in [5.41, 5.74) is 8.47. The second-order valence-electron chi connectivity index (χ2n) is 18.3. The lowest BCUT2D eigenvalue weighted by Crippen LogP contribution is -2.47. The molecule has 0 saturated carbocycles. The lowest BCUT2D eigenvalue weighted by molar-refractivity contribution is 0.419. The van der Waals surface area contributed by atoms with E-state index >= 15 is 0 Å². The summed E-state index contributed by atoms with van der Waals surface area (Å²) in [6, 6.07) is 15.4. The molecule has 20 nitrogen and oxygen atoms in total. The Morgan fingerprint density at radius 1 is 0.648 bits per heavy atom. The van der Waals surface area contributed by atoms with E-state index in [0.717, 1.165) is 59.9 Å². The van der Waals surface area contributed by atoms with E-state index in [2.05, 4.69) is 48.8 Å². The summed E-state index contributed by atoms with van der Waals surface area (Å²) in [6.07, 6.45) is 4.09. The first-order chi connectivity index (χ1) is 34.4. The molecule has 8 aromatic rings. The molecule has 0 aliphatic carbocycles. The lowest BCUT2D eigenvalue weighted by atomic mass is 10.1. The first-order valence-corrected chi connectivity index (χ1v) is 24.1. The maximum atomic E-state index is 14.5. The SMILES string of the molecule is CC#CCn1c(N2CCC[C@H](NCCc3nc(Cn4c(=O)c5c(nc(N6CCC[C@H](N)C6)n5CC#CC)n(C)c4=O)nc4ccccc34)C2)nc2c1c(=O)n(Cc1nc(C)c3ccccc3n1)c(=O)n2C. The zero-order valence-corrected chi connectivity index (χ0v) is 40.6. The molecule has 364 valence electrons. The highest BCUT2D eigenvalue weighted by atomic mass is 16.2. The molecule has 10 rings (SSSR count). The van der Waals surface area contributed by atoms with Crippen LogP contribution in [0, 0.1) is 30.6 Å². The Morgan fingerprint density at radius 2 is 1.17 bits per heavy atom. The van der Waals surface area contributed by atoms with Gasteiger partial charge in [-0.05, 0) is 58.6 Å². The summed E-state index contributed by atoms with van der Waals surface area (Å²) < 4.78 is 8.80. The highest BCUT2D eigenvalue weighted by Gasteiger charge is 2.29. The number of hydrogen-bond acceptors (Lipinski definition) is 14. The number of nitrogens with zero attached hydrogens (tertiary/aromatic N) is 14. The number of imidazole rings is 2. The van der Waals surface area contributed by atoms with E-state index in [0.29, 0.717) is 61.7 Å². The number of para-hydroxylation sites is 2. The molecule has 0 amide bonds. The van der Waals surface area contributed by atoms with Gasteiger partial charge in [0, 0.05) is 81.8 Å². The molecule has 2 fully saturated rings. The fourth-order valence-electron chi connectivity index (χ4n) is 10.1. The second kappa shape index (κ2) is 19.5. The summed E-state index contributed by atoms with van der Waals surface area (Å²) in [4.78, 5) is 89.9. The largest absolute Gasteiger partial charge is 0.341 e. The van der Waals surface area contributed by atoms with E-state index in [4.69, 9.17) is 25.7 Å². The van der Waals surface area contributed by atoms with E-state index in [1.807, 2.05) is 60.0 Å². The second-order valence-corrected chi connectivity index (χ2v) is 18.3. The van der Waals surface area contributed by atoms with E-state index in [9.17, 15) is 19.2 Å². The Labute approximate surface area is 407 Å². The summed E-state index contributed by atoms with van der Waals surface area (Å²) in [5.74, 6) is 13.9. The molecular formula is C51H56N16O4. The fourth-order valence-corrected chi connectivity index (χ4v) is 10.1. The molecule has 2 aromatic carbocycles. The monoisotopic (exact) mass is 956 g/mol. The molecule has 0 bridgehead atoms. The minimum absolute atomic E-state index is 0.0280. The van der Waals surface area contributed by atoms with Gasteiger partial charge >= 0.3 is 11.4 Å². The van der Waals surface area contributed by atoms with Crippen molar-refractivity contribution in [3.8, 4) is 23.7 Å². The van der Waals surface area contributed by atoms with Gasteiger partial charge in [0.25, 0.3) is 11.1 Å².